The number of thioether (sulfide) groups is 1. The van der Waals surface area contributed by atoms with Crippen molar-refractivity contribution in [3.05, 3.63) is 28.2 Å². The Morgan fingerprint density at radius 3 is 3.00 bits per heavy atom. The predicted molar refractivity (Wildman–Crippen MR) is 85.1 cm³/mol. The molecule has 0 spiro atoms. The van der Waals surface area contributed by atoms with Gasteiger partial charge in [-0.05, 0) is 18.2 Å². The molecule has 1 aromatic carbocycles. The van der Waals surface area contributed by atoms with Crippen molar-refractivity contribution in [1.82, 2.24) is 4.90 Å². The van der Waals surface area contributed by atoms with Crippen molar-refractivity contribution in [2.24, 2.45) is 4.99 Å². The van der Waals surface area contributed by atoms with Gasteiger partial charge in [-0.25, -0.2) is 0 Å². The first-order chi connectivity index (χ1) is 10.0. The molecule has 21 heavy (non-hydrogen) atoms. The Labute approximate surface area is 135 Å². The van der Waals surface area contributed by atoms with E-state index < -0.39 is 5.25 Å². The summed E-state index contributed by atoms with van der Waals surface area (Å²) in [5.74, 6) is -0.305. The Hall–Kier alpha value is -1.24. The molecular formula is C13H11Cl2N3O2S. The quantitative estimate of drug-likeness (QED) is 0.917. The maximum Gasteiger partial charge on any atom is 0.242 e. The van der Waals surface area contributed by atoms with Crippen LogP contribution in [0, 0.1) is 0 Å². The summed E-state index contributed by atoms with van der Waals surface area (Å²) in [5, 5.41) is 3.88. The molecule has 1 atom stereocenters. The smallest absolute Gasteiger partial charge is 0.242 e. The lowest BCUT2D eigenvalue weighted by molar-refractivity contribution is -0.127. The largest absolute Gasteiger partial charge is 0.325 e. The second-order valence-electron chi connectivity index (χ2n) is 4.64. The van der Waals surface area contributed by atoms with E-state index in [4.69, 9.17) is 23.2 Å². The first-order valence-corrected chi connectivity index (χ1v) is 7.95. The minimum atomic E-state index is -0.407. The molecule has 0 bridgehead atoms. The van der Waals surface area contributed by atoms with Crippen LogP contribution in [0.15, 0.2) is 23.2 Å². The van der Waals surface area contributed by atoms with Gasteiger partial charge in [0.25, 0.3) is 0 Å². The molecule has 0 radical (unpaired) electrons. The Morgan fingerprint density at radius 1 is 1.48 bits per heavy atom. The predicted octanol–water partition coefficient (Wildman–Crippen LogP) is 2.64. The van der Waals surface area contributed by atoms with Crippen molar-refractivity contribution in [3.8, 4) is 0 Å². The van der Waals surface area contributed by atoms with E-state index in [9.17, 15) is 9.59 Å². The molecule has 110 valence electrons. The third-order valence-corrected chi connectivity index (χ3v) is 4.93. The van der Waals surface area contributed by atoms with Crippen molar-refractivity contribution >= 4 is 57.6 Å². The topological polar surface area (TPSA) is 61.8 Å². The van der Waals surface area contributed by atoms with Gasteiger partial charge in [0, 0.05) is 18.0 Å². The minimum Gasteiger partial charge on any atom is -0.325 e. The van der Waals surface area contributed by atoms with Gasteiger partial charge in [0.2, 0.25) is 11.8 Å². The number of nitrogens with zero attached hydrogens (tertiary/aromatic N) is 2. The van der Waals surface area contributed by atoms with Gasteiger partial charge in [-0.2, -0.15) is 0 Å². The summed E-state index contributed by atoms with van der Waals surface area (Å²) in [7, 11) is 0. The number of carbonyl (C=O) groups is 2. The summed E-state index contributed by atoms with van der Waals surface area (Å²) >= 11 is 13.1. The van der Waals surface area contributed by atoms with Crippen LogP contribution in [0.4, 0.5) is 5.69 Å². The first kappa shape index (κ1) is 14.7. The van der Waals surface area contributed by atoms with E-state index in [-0.39, 0.29) is 18.2 Å². The lowest BCUT2D eigenvalue weighted by atomic mass is 10.2. The highest BCUT2D eigenvalue weighted by Gasteiger charge is 2.40. The maximum absolute atomic E-state index is 12.1. The molecule has 1 aromatic rings. The lowest BCUT2D eigenvalue weighted by Crippen LogP contribution is -2.32. The van der Waals surface area contributed by atoms with Crippen molar-refractivity contribution in [3.63, 3.8) is 0 Å². The van der Waals surface area contributed by atoms with Gasteiger partial charge in [-0.1, -0.05) is 35.0 Å². The highest BCUT2D eigenvalue weighted by atomic mass is 35.5. The first-order valence-electron chi connectivity index (χ1n) is 6.32. The van der Waals surface area contributed by atoms with Gasteiger partial charge in [0.15, 0.2) is 5.17 Å². The van der Waals surface area contributed by atoms with Crippen LogP contribution in [0.3, 0.4) is 0 Å². The molecule has 5 nitrogen and oxygen atoms in total. The van der Waals surface area contributed by atoms with Gasteiger partial charge < -0.3 is 5.32 Å². The van der Waals surface area contributed by atoms with Crippen molar-refractivity contribution in [2.45, 2.75) is 11.7 Å². The highest BCUT2D eigenvalue weighted by Crippen LogP contribution is 2.32. The number of aliphatic imine (C=N–C) groups is 1. The molecule has 0 aliphatic carbocycles. The van der Waals surface area contributed by atoms with Crippen LogP contribution < -0.4 is 5.32 Å². The van der Waals surface area contributed by atoms with Gasteiger partial charge >= 0.3 is 0 Å². The zero-order valence-corrected chi connectivity index (χ0v) is 13.1. The number of anilines is 1. The van der Waals surface area contributed by atoms with Crippen LogP contribution in [-0.2, 0) is 9.59 Å². The molecule has 8 heteroatoms. The number of hydrogen-bond donors (Lipinski definition) is 1. The third kappa shape index (κ3) is 3.02. The van der Waals surface area contributed by atoms with Gasteiger partial charge in [-0.15, -0.1) is 0 Å². The fourth-order valence-electron chi connectivity index (χ4n) is 2.17. The number of amides is 2. The van der Waals surface area contributed by atoms with E-state index in [0.717, 1.165) is 5.17 Å². The van der Waals surface area contributed by atoms with Crippen molar-refractivity contribution in [1.29, 1.82) is 0 Å². The number of halogens is 2. The molecule has 2 amide bonds. The summed E-state index contributed by atoms with van der Waals surface area (Å²) in [6.07, 6.45) is 0.0952. The standard InChI is InChI=1S/C13H11Cl2N3O2S/c14-7-1-2-9(8(15)5-7)17-11(19)6-10-12(20)18-4-3-16-13(18)21-10/h1-2,5,10H,3-4,6H2,(H,17,19). The number of fused-ring (bicyclic) bond motifs is 1. The van der Waals surface area contributed by atoms with Crippen molar-refractivity contribution in [2.75, 3.05) is 18.4 Å². The molecule has 2 aliphatic rings. The van der Waals surface area contributed by atoms with Crippen LogP contribution in [-0.4, -0.2) is 40.2 Å². The third-order valence-electron chi connectivity index (χ3n) is 3.17. The second kappa shape index (κ2) is 5.87. The molecule has 1 fully saturated rings. The summed E-state index contributed by atoms with van der Waals surface area (Å²) in [4.78, 5) is 30.0. The zero-order chi connectivity index (χ0) is 15.0. The van der Waals surface area contributed by atoms with E-state index in [1.807, 2.05) is 0 Å². The Morgan fingerprint density at radius 2 is 2.29 bits per heavy atom. The summed E-state index contributed by atoms with van der Waals surface area (Å²) in [6, 6.07) is 4.83. The molecule has 3 rings (SSSR count). The van der Waals surface area contributed by atoms with Crippen molar-refractivity contribution < 1.29 is 9.59 Å². The molecular weight excluding hydrogens is 333 g/mol. The second-order valence-corrected chi connectivity index (χ2v) is 6.65. The number of benzene rings is 1. The van der Waals surface area contributed by atoms with Crippen LogP contribution in [0.2, 0.25) is 10.0 Å². The Kier molecular flexibility index (Phi) is 4.10. The van der Waals surface area contributed by atoms with E-state index in [1.165, 1.54) is 11.8 Å². The molecule has 2 aliphatic heterocycles. The number of rotatable bonds is 3. The monoisotopic (exact) mass is 343 g/mol. The molecule has 2 heterocycles. The number of nitrogens with one attached hydrogen (secondary N) is 1. The average Bonchev–Trinajstić information content (AvgIpc) is 2.98. The lowest BCUT2D eigenvalue weighted by Gasteiger charge is -2.11. The molecule has 0 saturated carbocycles. The Bertz CT molecular complexity index is 650. The average molecular weight is 344 g/mol. The fraction of sp³-hybridized carbons (Fsp3) is 0.308. The van der Waals surface area contributed by atoms with E-state index >= 15 is 0 Å². The van der Waals surface area contributed by atoms with Gasteiger partial charge in [0.1, 0.15) is 5.25 Å². The molecule has 0 aromatic heterocycles. The number of carbonyl (C=O) groups excluding carboxylic acids is 2. The minimum absolute atomic E-state index is 0.0476. The number of amidine groups is 1. The summed E-state index contributed by atoms with van der Waals surface area (Å²) in [5.41, 5.74) is 0.486. The molecule has 1 N–H and O–H groups in total. The molecule has 1 saturated heterocycles. The SMILES string of the molecule is O=C(CC1SC2=NCCN2C1=O)Nc1ccc(Cl)cc1Cl. The van der Waals surface area contributed by atoms with Crippen LogP contribution in [0.1, 0.15) is 6.42 Å². The summed E-state index contributed by atoms with van der Waals surface area (Å²) in [6.45, 7) is 1.26. The fourth-order valence-corrected chi connectivity index (χ4v) is 3.82. The summed E-state index contributed by atoms with van der Waals surface area (Å²) < 4.78 is 0. The molecule has 1 unspecified atom stereocenters. The van der Waals surface area contributed by atoms with Gasteiger partial charge in [0.05, 0.1) is 17.3 Å². The maximum atomic E-state index is 12.1. The van der Waals surface area contributed by atoms with E-state index in [0.29, 0.717) is 28.8 Å². The van der Waals surface area contributed by atoms with Crippen LogP contribution in [0.5, 0.6) is 0 Å². The highest BCUT2D eigenvalue weighted by molar-refractivity contribution is 8.15. The van der Waals surface area contributed by atoms with Crippen LogP contribution >= 0.6 is 35.0 Å². The normalized spacial score (nSPS) is 20.5. The Balaban J connectivity index is 1.63. The zero-order valence-electron chi connectivity index (χ0n) is 10.8. The number of hydrogen-bond acceptors (Lipinski definition) is 4. The van der Waals surface area contributed by atoms with Crippen LogP contribution in [0.25, 0.3) is 0 Å². The van der Waals surface area contributed by atoms with Gasteiger partial charge in [-0.3, -0.25) is 19.5 Å². The van der Waals surface area contributed by atoms with E-state index in [1.54, 1.807) is 23.1 Å². The van der Waals surface area contributed by atoms with E-state index in [2.05, 4.69) is 10.3 Å².